The van der Waals surface area contributed by atoms with Crippen molar-refractivity contribution >= 4 is 35.7 Å². The molecule has 192 valence electrons. The molecule has 1 unspecified atom stereocenters. The van der Waals surface area contributed by atoms with Gasteiger partial charge in [-0.05, 0) is 30.0 Å². The Morgan fingerprint density at radius 1 is 1.08 bits per heavy atom. The normalized spacial score (nSPS) is 17.7. The molecule has 2 amide bonds. The molecule has 3 aromatic rings. The van der Waals surface area contributed by atoms with Crippen LogP contribution in [0, 0.1) is 5.92 Å². The molecule has 1 aromatic heterocycles. The minimum Gasteiger partial charge on any atom is -0.426 e. The topological polar surface area (TPSA) is 146 Å². The first-order chi connectivity index (χ1) is 17.8. The van der Waals surface area contributed by atoms with E-state index in [1.807, 2.05) is 62.4 Å². The van der Waals surface area contributed by atoms with Gasteiger partial charge in [0.2, 0.25) is 5.60 Å². The Balaban J connectivity index is 1.46. The van der Waals surface area contributed by atoms with E-state index in [9.17, 15) is 19.6 Å². The molecular weight excluding hydrogens is 473 g/mol. The molecule has 0 radical (unpaired) electrons. The smallest absolute Gasteiger partial charge is 0.426 e. The van der Waals surface area contributed by atoms with Crippen LogP contribution >= 0.6 is 0 Å². The molecule has 4 N–H and O–H groups in total. The number of fused-ring (bicyclic) bond motifs is 1. The molecule has 2 aromatic carbocycles. The third-order valence-electron chi connectivity index (χ3n) is 6.12. The highest BCUT2D eigenvalue weighted by molar-refractivity contribution is 6.43. The lowest BCUT2D eigenvalue weighted by atomic mass is 9.74. The first-order valence-corrected chi connectivity index (χ1v) is 12.2. The average Bonchev–Trinajstić information content (AvgIpc) is 3.30. The zero-order valence-corrected chi connectivity index (χ0v) is 20.8. The second kappa shape index (κ2) is 11.5. The SMILES string of the molecule is CC(C)C[C@H](NC(=O)C1(Cc2ccccc2)CC(CNC(=O)c2cnc3ccccc3n2)=NO1)B(O)O. The summed E-state index contributed by atoms with van der Waals surface area (Å²) >= 11 is 0. The summed E-state index contributed by atoms with van der Waals surface area (Å²) in [6.45, 7) is 3.91. The van der Waals surface area contributed by atoms with Crippen molar-refractivity contribution < 1.29 is 24.5 Å². The van der Waals surface area contributed by atoms with Crippen molar-refractivity contribution in [3.05, 3.63) is 72.1 Å². The number of oxime groups is 1. The third kappa shape index (κ3) is 6.49. The molecule has 1 aliphatic heterocycles. The summed E-state index contributed by atoms with van der Waals surface area (Å²) in [7, 11) is -1.72. The highest BCUT2D eigenvalue weighted by Gasteiger charge is 2.48. The van der Waals surface area contributed by atoms with Crippen LogP contribution in [0.2, 0.25) is 0 Å². The van der Waals surface area contributed by atoms with Gasteiger partial charge in [-0.1, -0.05) is 61.5 Å². The molecule has 11 heteroatoms. The number of rotatable bonds is 10. The Hall–Kier alpha value is -3.83. The number of nitrogens with zero attached hydrogens (tertiary/aromatic N) is 3. The van der Waals surface area contributed by atoms with E-state index in [0.29, 0.717) is 23.2 Å². The van der Waals surface area contributed by atoms with E-state index in [1.54, 1.807) is 6.07 Å². The Morgan fingerprint density at radius 3 is 2.49 bits per heavy atom. The fourth-order valence-corrected chi connectivity index (χ4v) is 4.27. The lowest BCUT2D eigenvalue weighted by Crippen LogP contribution is -2.56. The zero-order chi connectivity index (χ0) is 26.4. The maximum Gasteiger partial charge on any atom is 0.475 e. The molecule has 37 heavy (non-hydrogen) atoms. The molecule has 0 aliphatic carbocycles. The van der Waals surface area contributed by atoms with E-state index >= 15 is 0 Å². The van der Waals surface area contributed by atoms with Gasteiger partial charge in [0.1, 0.15) is 5.69 Å². The number of carbonyl (C=O) groups is 2. The maximum absolute atomic E-state index is 13.5. The third-order valence-corrected chi connectivity index (χ3v) is 6.12. The lowest BCUT2D eigenvalue weighted by Gasteiger charge is -2.29. The van der Waals surface area contributed by atoms with E-state index in [-0.39, 0.29) is 31.0 Å². The van der Waals surface area contributed by atoms with Gasteiger partial charge < -0.3 is 25.5 Å². The van der Waals surface area contributed by atoms with Crippen molar-refractivity contribution in [1.82, 2.24) is 20.6 Å². The minimum atomic E-state index is -1.72. The van der Waals surface area contributed by atoms with Crippen LogP contribution in [0.1, 0.15) is 42.7 Å². The zero-order valence-electron chi connectivity index (χ0n) is 20.8. The van der Waals surface area contributed by atoms with Gasteiger partial charge in [0.05, 0.1) is 35.4 Å². The van der Waals surface area contributed by atoms with Gasteiger partial charge >= 0.3 is 7.12 Å². The number of hydrogen-bond donors (Lipinski definition) is 4. The Bertz CT molecular complexity index is 1290. The Morgan fingerprint density at radius 2 is 1.78 bits per heavy atom. The van der Waals surface area contributed by atoms with Crippen molar-refractivity contribution in [2.75, 3.05) is 6.54 Å². The van der Waals surface area contributed by atoms with Gasteiger partial charge in [-0.3, -0.25) is 14.6 Å². The number of aromatic nitrogens is 2. The molecule has 0 fully saturated rings. The summed E-state index contributed by atoms with van der Waals surface area (Å²) in [6, 6.07) is 16.6. The van der Waals surface area contributed by atoms with Crippen molar-refractivity contribution in [1.29, 1.82) is 0 Å². The molecule has 0 spiro atoms. The van der Waals surface area contributed by atoms with Crippen LogP contribution in [0.3, 0.4) is 0 Å². The number of carbonyl (C=O) groups excluding carboxylic acids is 2. The van der Waals surface area contributed by atoms with Crippen molar-refractivity contribution in [2.24, 2.45) is 11.1 Å². The molecule has 0 saturated carbocycles. The van der Waals surface area contributed by atoms with Gasteiger partial charge in [0.15, 0.2) is 0 Å². The molecular formula is C26H30BN5O5. The molecule has 4 rings (SSSR count). The first kappa shape index (κ1) is 26.2. The number of amides is 2. The molecule has 1 aliphatic rings. The summed E-state index contributed by atoms with van der Waals surface area (Å²) in [5.74, 6) is -1.66. The van der Waals surface area contributed by atoms with E-state index in [2.05, 4.69) is 25.8 Å². The van der Waals surface area contributed by atoms with Crippen molar-refractivity contribution in [2.45, 2.75) is 44.7 Å². The van der Waals surface area contributed by atoms with Gasteiger partial charge in [0, 0.05) is 12.8 Å². The highest BCUT2D eigenvalue weighted by atomic mass is 16.7. The number of para-hydroxylation sites is 2. The molecule has 10 nitrogen and oxygen atoms in total. The number of benzene rings is 2. The molecule has 0 saturated heterocycles. The fraction of sp³-hybridized carbons (Fsp3) is 0.346. The maximum atomic E-state index is 13.5. The van der Waals surface area contributed by atoms with Crippen LogP contribution in [0.4, 0.5) is 0 Å². The summed E-state index contributed by atoms with van der Waals surface area (Å²) in [6.07, 6.45) is 2.12. The van der Waals surface area contributed by atoms with Crippen molar-refractivity contribution in [3.8, 4) is 0 Å². The van der Waals surface area contributed by atoms with Gasteiger partial charge in [-0.15, -0.1) is 0 Å². The van der Waals surface area contributed by atoms with Crippen LogP contribution in [-0.2, 0) is 16.1 Å². The molecule has 2 atom stereocenters. The van der Waals surface area contributed by atoms with Crippen LogP contribution in [0.5, 0.6) is 0 Å². The summed E-state index contributed by atoms with van der Waals surface area (Å²) in [4.78, 5) is 40.5. The molecule has 2 heterocycles. The van der Waals surface area contributed by atoms with Crippen LogP contribution in [0.25, 0.3) is 11.0 Å². The standard InChI is InChI=1S/C26H30BN5O5/c1-17(2)12-23(27(35)36)31-25(34)26(13-18-8-4-3-5-9-18)14-19(32-37-26)15-29-24(33)22-16-28-20-10-6-7-11-21(20)30-22/h3-11,16-17,23,35-36H,12-15H2,1-2H3,(H,29,33)(H,31,34)/t23-,26?/m0/s1. The average molecular weight is 503 g/mol. The van der Waals surface area contributed by atoms with Crippen LogP contribution in [-0.4, -0.2) is 62.7 Å². The predicted octanol–water partition coefficient (Wildman–Crippen LogP) is 1.66. The van der Waals surface area contributed by atoms with Crippen LogP contribution in [0.15, 0.2) is 65.9 Å². The van der Waals surface area contributed by atoms with E-state index in [4.69, 9.17) is 4.84 Å². The van der Waals surface area contributed by atoms with Crippen LogP contribution < -0.4 is 10.6 Å². The second-order valence-corrected chi connectivity index (χ2v) is 9.63. The molecule has 0 bridgehead atoms. The van der Waals surface area contributed by atoms with Gasteiger partial charge in [-0.25, -0.2) is 4.98 Å². The fourth-order valence-electron chi connectivity index (χ4n) is 4.27. The monoisotopic (exact) mass is 503 g/mol. The second-order valence-electron chi connectivity index (χ2n) is 9.63. The predicted molar refractivity (Wildman–Crippen MR) is 139 cm³/mol. The highest BCUT2D eigenvalue weighted by Crippen LogP contribution is 2.29. The largest absolute Gasteiger partial charge is 0.475 e. The number of hydrogen-bond acceptors (Lipinski definition) is 8. The van der Waals surface area contributed by atoms with Crippen molar-refractivity contribution in [3.63, 3.8) is 0 Å². The Labute approximate surface area is 215 Å². The Kier molecular flexibility index (Phi) is 8.15. The lowest BCUT2D eigenvalue weighted by molar-refractivity contribution is -0.144. The summed E-state index contributed by atoms with van der Waals surface area (Å²) in [5, 5.41) is 29.2. The van der Waals surface area contributed by atoms with E-state index in [1.165, 1.54) is 6.20 Å². The van der Waals surface area contributed by atoms with Gasteiger partial charge in [0.25, 0.3) is 11.8 Å². The number of nitrogens with one attached hydrogen (secondary N) is 2. The summed E-state index contributed by atoms with van der Waals surface area (Å²) < 4.78 is 0. The first-order valence-electron chi connectivity index (χ1n) is 12.2. The quantitative estimate of drug-likeness (QED) is 0.308. The minimum absolute atomic E-state index is 0.0508. The van der Waals surface area contributed by atoms with E-state index in [0.717, 1.165) is 5.56 Å². The van der Waals surface area contributed by atoms with Gasteiger partial charge in [-0.2, -0.15) is 0 Å². The summed E-state index contributed by atoms with van der Waals surface area (Å²) in [5.41, 5.74) is 1.40. The van der Waals surface area contributed by atoms with E-state index < -0.39 is 30.5 Å².